The van der Waals surface area contributed by atoms with Crippen LogP contribution in [0.2, 0.25) is 0 Å². The second-order valence-electron chi connectivity index (χ2n) is 5.13. The van der Waals surface area contributed by atoms with E-state index in [1.54, 1.807) is 0 Å². The molecule has 0 spiro atoms. The highest BCUT2D eigenvalue weighted by Crippen LogP contribution is 2.19. The lowest BCUT2D eigenvalue weighted by Crippen LogP contribution is -2.24. The highest BCUT2D eigenvalue weighted by Gasteiger charge is 2.15. The van der Waals surface area contributed by atoms with Crippen molar-refractivity contribution in [2.45, 2.75) is 58.3 Å². The molecule has 1 aliphatic rings. The fourth-order valence-corrected chi connectivity index (χ4v) is 2.94. The molecule has 0 saturated carbocycles. The van der Waals surface area contributed by atoms with Crippen molar-refractivity contribution in [1.82, 2.24) is 4.90 Å². The van der Waals surface area contributed by atoms with Crippen LogP contribution < -0.4 is 0 Å². The van der Waals surface area contributed by atoms with Gasteiger partial charge in [-0.05, 0) is 26.2 Å². The Morgan fingerprint density at radius 3 is 2.37 bits per heavy atom. The molecular weight excluding hydrogens is 304 g/mol. The molecule has 1 N–H and O–H groups in total. The van der Waals surface area contributed by atoms with Gasteiger partial charge in [0.15, 0.2) is 0 Å². The molecule has 1 heterocycles. The van der Waals surface area contributed by atoms with Gasteiger partial charge in [0, 0.05) is 23.8 Å². The van der Waals surface area contributed by atoms with Gasteiger partial charge in [-0.15, -0.1) is 0 Å². The smallest absolute Gasteiger partial charge is 0.100 e. The second-order valence-corrected chi connectivity index (χ2v) is 5.59. The molecule has 0 aromatic rings. The Balaban J connectivity index is 2.06. The molecule has 0 amide bonds. The fourth-order valence-electron chi connectivity index (χ4n) is 2.46. The van der Waals surface area contributed by atoms with Gasteiger partial charge in [0.2, 0.25) is 0 Å². The van der Waals surface area contributed by atoms with E-state index in [-0.39, 0.29) is 0 Å². The first-order valence-corrected chi connectivity index (χ1v) is 8.40. The fraction of sp³-hybridized carbons (Fsp3) is 0.800. The number of halogens is 1. The number of rotatable bonds is 10. The molecule has 1 rings (SSSR count). The quantitative estimate of drug-likeness (QED) is 0.613. The Kier molecular flexibility index (Phi) is 9.18. The summed E-state index contributed by atoms with van der Waals surface area (Å²) in [6.07, 6.45) is 9.70. The van der Waals surface area contributed by atoms with E-state index >= 15 is 0 Å². The molecular formula is C15H27BrN2O. The highest BCUT2D eigenvalue weighted by atomic mass is 79.9. The van der Waals surface area contributed by atoms with E-state index in [0.717, 1.165) is 31.8 Å². The van der Waals surface area contributed by atoms with E-state index in [9.17, 15) is 0 Å². The minimum Gasteiger partial charge on any atom is -0.396 e. The topological polar surface area (TPSA) is 35.8 Å². The Morgan fingerprint density at radius 2 is 1.84 bits per heavy atom. The lowest BCUT2D eigenvalue weighted by molar-refractivity contribution is 0.282. The zero-order valence-corrected chi connectivity index (χ0v) is 13.7. The normalized spacial score (nSPS) is 16.1. The van der Waals surface area contributed by atoms with Gasteiger partial charge < -0.3 is 10.0 Å². The first kappa shape index (κ1) is 16.7. The molecule has 0 aromatic heterocycles. The van der Waals surface area contributed by atoms with Gasteiger partial charge in [-0.1, -0.05) is 48.0 Å². The van der Waals surface area contributed by atoms with Crippen molar-refractivity contribution in [3.05, 3.63) is 10.7 Å². The molecule has 0 aromatic carbocycles. The van der Waals surface area contributed by atoms with Gasteiger partial charge in [-0.2, -0.15) is 0 Å². The van der Waals surface area contributed by atoms with Gasteiger partial charge in [-0.3, -0.25) is 4.99 Å². The summed E-state index contributed by atoms with van der Waals surface area (Å²) in [5, 5.41) is 8.70. The van der Waals surface area contributed by atoms with Crippen LogP contribution in [0.5, 0.6) is 0 Å². The van der Waals surface area contributed by atoms with Crippen molar-refractivity contribution in [2.75, 3.05) is 19.7 Å². The van der Waals surface area contributed by atoms with Crippen LogP contribution in [0.3, 0.4) is 0 Å². The summed E-state index contributed by atoms with van der Waals surface area (Å²) in [4.78, 5) is 8.80. The predicted molar refractivity (Wildman–Crippen MR) is 85.7 cm³/mol. The zero-order valence-electron chi connectivity index (χ0n) is 12.1. The Labute approximate surface area is 125 Å². The summed E-state index contributed by atoms with van der Waals surface area (Å²) >= 11 is 3.48. The maximum Gasteiger partial charge on any atom is 0.100 e. The minimum absolute atomic E-state index is 0.343. The van der Waals surface area contributed by atoms with Crippen LogP contribution in [0.4, 0.5) is 0 Å². The first-order chi connectivity index (χ1) is 9.29. The number of aliphatic hydroxyl groups is 1. The molecule has 0 bridgehead atoms. The molecule has 1 aliphatic heterocycles. The van der Waals surface area contributed by atoms with Crippen molar-refractivity contribution in [2.24, 2.45) is 4.99 Å². The highest BCUT2D eigenvalue weighted by molar-refractivity contribution is 9.11. The van der Waals surface area contributed by atoms with Crippen molar-refractivity contribution in [3.8, 4) is 0 Å². The van der Waals surface area contributed by atoms with Gasteiger partial charge in [0.25, 0.3) is 0 Å². The van der Waals surface area contributed by atoms with Crippen LogP contribution in [0.25, 0.3) is 0 Å². The van der Waals surface area contributed by atoms with Crippen molar-refractivity contribution >= 4 is 21.8 Å². The van der Waals surface area contributed by atoms with E-state index in [4.69, 9.17) is 5.11 Å². The molecule has 0 atom stereocenters. The van der Waals surface area contributed by atoms with Gasteiger partial charge in [-0.25, -0.2) is 0 Å². The van der Waals surface area contributed by atoms with Gasteiger partial charge >= 0.3 is 0 Å². The molecule has 0 radical (unpaired) electrons. The molecule has 110 valence electrons. The summed E-state index contributed by atoms with van der Waals surface area (Å²) in [6.45, 7) is 4.40. The largest absolute Gasteiger partial charge is 0.396 e. The average molecular weight is 331 g/mol. The summed E-state index contributed by atoms with van der Waals surface area (Å²) in [6, 6.07) is 0. The lowest BCUT2D eigenvalue weighted by Gasteiger charge is -2.21. The number of hydrogen-bond donors (Lipinski definition) is 1. The third-order valence-corrected chi connectivity index (χ3v) is 4.15. The van der Waals surface area contributed by atoms with Gasteiger partial charge in [0.1, 0.15) is 5.84 Å². The number of aliphatic imine (C=N–C) groups is 1. The van der Waals surface area contributed by atoms with Crippen LogP contribution >= 0.6 is 15.9 Å². The number of nitrogens with zero attached hydrogens (tertiary/aromatic N) is 2. The molecule has 4 heteroatoms. The van der Waals surface area contributed by atoms with Crippen LogP contribution in [0.1, 0.15) is 58.3 Å². The predicted octanol–water partition coefficient (Wildman–Crippen LogP) is 4.07. The minimum atomic E-state index is 0.343. The number of hydrogen-bond acceptors (Lipinski definition) is 3. The van der Waals surface area contributed by atoms with E-state index in [1.165, 1.54) is 44.2 Å². The van der Waals surface area contributed by atoms with E-state index in [2.05, 4.69) is 37.7 Å². The van der Waals surface area contributed by atoms with Crippen LogP contribution in [-0.2, 0) is 0 Å². The molecule has 0 fully saturated rings. The Bertz CT molecular complexity index is 303. The van der Waals surface area contributed by atoms with Crippen LogP contribution in [0, 0.1) is 0 Å². The maximum atomic E-state index is 8.70. The van der Waals surface area contributed by atoms with Crippen LogP contribution in [-0.4, -0.2) is 35.5 Å². The molecule has 3 nitrogen and oxygen atoms in total. The Hall–Kier alpha value is -0.350. The van der Waals surface area contributed by atoms with Crippen molar-refractivity contribution in [3.63, 3.8) is 0 Å². The van der Waals surface area contributed by atoms with Crippen molar-refractivity contribution in [1.29, 1.82) is 0 Å². The van der Waals surface area contributed by atoms with E-state index in [1.807, 2.05) is 0 Å². The molecule has 19 heavy (non-hydrogen) atoms. The third-order valence-electron chi connectivity index (χ3n) is 3.62. The number of unbranched alkanes of at least 4 members (excludes halogenated alkanes) is 6. The Morgan fingerprint density at radius 1 is 1.21 bits per heavy atom. The number of amidine groups is 1. The summed E-state index contributed by atoms with van der Waals surface area (Å²) < 4.78 is 0. The lowest BCUT2D eigenvalue weighted by atomic mass is 10.1. The van der Waals surface area contributed by atoms with E-state index in [0.29, 0.717) is 6.61 Å². The summed E-state index contributed by atoms with van der Waals surface area (Å²) in [7, 11) is 0. The number of aliphatic hydroxyl groups excluding tert-OH is 1. The number of allylic oxidation sites excluding steroid dienone is 1. The SMILES string of the molecule is CC1=NCCN1/C(=C\Br)CCCCCCCCCO. The zero-order chi connectivity index (χ0) is 13.9. The average Bonchev–Trinajstić information content (AvgIpc) is 2.83. The summed E-state index contributed by atoms with van der Waals surface area (Å²) in [5.41, 5.74) is 1.36. The standard InChI is InChI=1S/C15H27BrN2O/c1-14-17-10-11-18(14)15(13-16)9-7-5-3-2-4-6-8-12-19/h13,19H,2-12H2,1H3/b15-13-. The second kappa shape index (κ2) is 10.4. The van der Waals surface area contributed by atoms with E-state index < -0.39 is 0 Å². The molecule has 0 saturated heterocycles. The first-order valence-electron chi connectivity index (χ1n) is 7.48. The molecule has 0 unspecified atom stereocenters. The monoisotopic (exact) mass is 330 g/mol. The van der Waals surface area contributed by atoms with Crippen LogP contribution in [0.15, 0.2) is 15.7 Å². The van der Waals surface area contributed by atoms with Crippen molar-refractivity contribution < 1.29 is 5.11 Å². The third kappa shape index (κ3) is 6.57. The van der Waals surface area contributed by atoms with Gasteiger partial charge in [0.05, 0.1) is 6.54 Å². The molecule has 0 aliphatic carbocycles. The summed E-state index contributed by atoms with van der Waals surface area (Å²) in [5.74, 6) is 1.15. The maximum absolute atomic E-state index is 8.70.